The van der Waals surface area contributed by atoms with Gasteiger partial charge in [-0.1, -0.05) is 27.2 Å². The van der Waals surface area contributed by atoms with Gasteiger partial charge in [0.2, 0.25) is 0 Å². The molecule has 7 heteroatoms. The number of rotatable bonds is 7. The summed E-state index contributed by atoms with van der Waals surface area (Å²) in [6, 6.07) is 0. The van der Waals surface area contributed by atoms with Gasteiger partial charge in [0.05, 0.1) is 18.3 Å². The van der Waals surface area contributed by atoms with E-state index in [1.807, 2.05) is 0 Å². The Morgan fingerprint density at radius 1 is 0.897 bits per heavy atom. The summed E-state index contributed by atoms with van der Waals surface area (Å²) in [5.41, 5.74) is -0.219. The first-order valence-corrected chi connectivity index (χ1v) is 15.9. The molecule has 0 aromatic carbocycles. The molecule has 5 fully saturated rings. The van der Waals surface area contributed by atoms with Crippen LogP contribution >= 0.6 is 0 Å². The predicted octanol–water partition coefficient (Wildman–Crippen LogP) is 4.78. The molecule has 5 aliphatic carbocycles. The van der Waals surface area contributed by atoms with Gasteiger partial charge in [-0.05, 0) is 123 Å². The number of carbonyl (C=O) groups is 2. The van der Waals surface area contributed by atoms with Crippen molar-refractivity contribution in [1.29, 1.82) is 0 Å². The van der Waals surface area contributed by atoms with Crippen molar-refractivity contribution in [2.75, 3.05) is 6.61 Å². The van der Waals surface area contributed by atoms with Crippen molar-refractivity contribution in [3.05, 3.63) is 0 Å². The maximum Gasteiger partial charge on any atom is 0.344 e. The monoisotopic (exact) mass is 548 g/mol. The molecular formula is C32H52O7. The van der Waals surface area contributed by atoms with Crippen LogP contribution in [0.15, 0.2) is 0 Å². The summed E-state index contributed by atoms with van der Waals surface area (Å²) in [5.74, 6) is 0.721. The zero-order chi connectivity index (χ0) is 27.9. The molecule has 7 nitrogen and oxygen atoms in total. The van der Waals surface area contributed by atoms with Crippen LogP contribution in [-0.2, 0) is 19.1 Å². The quantitative estimate of drug-likeness (QED) is 0.392. The molecule has 5 rings (SSSR count). The number of aliphatic hydroxyl groups excluding tert-OH is 3. The molecule has 5 saturated carbocycles. The summed E-state index contributed by atoms with van der Waals surface area (Å²) in [5, 5.41) is 33.5. The average molecular weight is 549 g/mol. The van der Waals surface area contributed by atoms with Gasteiger partial charge in [-0.3, -0.25) is 4.79 Å². The summed E-state index contributed by atoms with van der Waals surface area (Å²) >= 11 is 0. The average Bonchev–Trinajstić information content (AvgIpc) is 3.26. The predicted molar refractivity (Wildman–Crippen MR) is 146 cm³/mol. The number of carbonyl (C=O) groups excluding carboxylic acids is 2. The van der Waals surface area contributed by atoms with Crippen molar-refractivity contribution in [1.82, 2.24) is 0 Å². The van der Waals surface area contributed by atoms with Gasteiger partial charge in [0, 0.05) is 6.42 Å². The van der Waals surface area contributed by atoms with E-state index in [9.17, 15) is 24.9 Å². The van der Waals surface area contributed by atoms with Gasteiger partial charge in [0.15, 0.2) is 6.61 Å². The lowest BCUT2D eigenvalue weighted by atomic mass is 9.43. The highest BCUT2D eigenvalue weighted by atomic mass is 16.6. The highest BCUT2D eigenvalue weighted by molar-refractivity contribution is 5.76. The van der Waals surface area contributed by atoms with Crippen LogP contribution in [-0.4, -0.2) is 58.3 Å². The number of hydrogen-bond donors (Lipinski definition) is 3. The van der Waals surface area contributed by atoms with Gasteiger partial charge >= 0.3 is 11.9 Å². The Kier molecular flexibility index (Phi) is 8.72. The molecule has 5 aliphatic rings. The van der Waals surface area contributed by atoms with E-state index in [4.69, 9.17) is 9.47 Å². The fourth-order valence-electron chi connectivity index (χ4n) is 10.3. The van der Waals surface area contributed by atoms with Crippen molar-refractivity contribution < 1.29 is 34.4 Å². The van der Waals surface area contributed by atoms with Crippen molar-refractivity contribution in [2.24, 2.45) is 46.3 Å². The lowest BCUT2D eigenvalue weighted by Gasteiger charge is -2.63. The Hall–Kier alpha value is -1.18. The Balaban J connectivity index is 1.17. The second-order valence-electron chi connectivity index (χ2n) is 14.5. The maximum absolute atomic E-state index is 12.5. The van der Waals surface area contributed by atoms with Crippen LogP contribution in [0, 0.1) is 46.3 Å². The SMILES string of the molecule is C[C@H](CCC(=O)OCC(=O)OC1CCCCC1)[C@H]1CC[C@H]2[C@@H]3[C@H](O)C[C@@H]4C[C@H](O)CC[C@]4(C)[C@H]3C[C@H](O)[C@]12C. The molecule has 222 valence electrons. The minimum absolute atomic E-state index is 0.0385. The zero-order valence-electron chi connectivity index (χ0n) is 24.4. The van der Waals surface area contributed by atoms with Crippen molar-refractivity contribution >= 4 is 11.9 Å². The summed E-state index contributed by atoms with van der Waals surface area (Å²) in [6.07, 6.45) is 10.9. The number of fused-ring (bicyclic) bond motifs is 5. The number of aliphatic hydroxyl groups is 3. The molecule has 0 bridgehead atoms. The molecule has 0 amide bonds. The molecule has 0 saturated heterocycles. The molecule has 3 N–H and O–H groups in total. The fraction of sp³-hybridized carbons (Fsp3) is 0.938. The van der Waals surface area contributed by atoms with Crippen molar-refractivity contribution in [3.63, 3.8) is 0 Å². The second-order valence-corrected chi connectivity index (χ2v) is 14.5. The molecule has 11 atom stereocenters. The molecule has 0 aromatic heterocycles. The van der Waals surface area contributed by atoms with Gasteiger partial charge in [-0.2, -0.15) is 0 Å². The minimum atomic E-state index is -0.455. The second kappa shape index (κ2) is 11.6. The van der Waals surface area contributed by atoms with Crippen LogP contribution in [0.3, 0.4) is 0 Å². The summed E-state index contributed by atoms with van der Waals surface area (Å²) in [6.45, 7) is 6.45. The first-order chi connectivity index (χ1) is 18.5. The van der Waals surface area contributed by atoms with E-state index in [0.717, 1.165) is 64.2 Å². The maximum atomic E-state index is 12.5. The molecule has 0 unspecified atom stereocenters. The normalized spacial score (nSPS) is 45.0. The highest BCUT2D eigenvalue weighted by Crippen LogP contribution is 2.68. The lowest BCUT2D eigenvalue weighted by Crippen LogP contribution is -2.62. The lowest BCUT2D eigenvalue weighted by molar-refractivity contribution is -0.207. The number of esters is 2. The molecular weight excluding hydrogens is 496 g/mol. The van der Waals surface area contributed by atoms with Crippen LogP contribution in [0.2, 0.25) is 0 Å². The van der Waals surface area contributed by atoms with E-state index in [1.165, 1.54) is 6.42 Å². The fourth-order valence-corrected chi connectivity index (χ4v) is 10.3. The molecule has 39 heavy (non-hydrogen) atoms. The van der Waals surface area contributed by atoms with Crippen LogP contribution in [0.4, 0.5) is 0 Å². The zero-order valence-corrected chi connectivity index (χ0v) is 24.4. The third-order valence-electron chi connectivity index (χ3n) is 12.5. The Labute approximate surface area is 234 Å². The van der Waals surface area contributed by atoms with E-state index in [-0.39, 0.29) is 77.7 Å². The van der Waals surface area contributed by atoms with E-state index in [2.05, 4.69) is 20.8 Å². The van der Waals surface area contributed by atoms with Crippen LogP contribution in [0.1, 0.15) is 111 Å². The van der Waals surface area contributed by atoms with Crippen LogP contribution < -0.4 is 0 Å². The summed E-state index contributed by atoms with van der Waals surface area (Å²) in [7, 11) is 0. The van der Waals surface area contributed by atoms with E-state index >= 15 is 0 Å². The topological polar surface area (TPSA) is 113 Å². The van der Waals surface area contributed by atoms with Gasteiger partial charge in [0.25, 0.3) is 0 Å². The Morgan fingerprint density at radius 3 is 2.38 bits per heavy atom. The number of ether oxygens (including phenoxy) is 2. The highest BCUT2D eigenvalue weighted by Gasteiger charge is 2.65. The first kappa shape index (κ1) is 29.3. The molecule has 0 heterocycles. The van der Waals surface area contributed by atoms with Gasteiger partial charge in [-0.25, -0.2) is 4.79 Å². The number of hydrogen-bond acceptors (Lipinski definition) is 7. The molecule has 0 radical (unpaired) electrons. The summed E-state index contributed by atoms with van der Waals surface area (Å²) < 4.78 is 10.7. The van der Waals surface area contributed by atoms with Crippen molar-refractivity contribution in [3.8, 4) is 0 Å². The van der Waals surface area contributed by atoms with E-state index in [0.29, 0.717) is 18.8 Å². The van der Waals surface area contributed by atoms with E-state index < -0.39 is 12.1 Å². The Morgan fingerprint density at radius 2 is 1.64 bits per heavy atom. The summed E-state index contributed by atoms with van der Waals surface area (Å²) in [4.78, 5) is 24.6. The van der Waals surface area contributed by atoms with Crippen LogP contribution in [0.25, 0.3) is 0 Å². The third-order valence-corrected chi connectivity index (χ3v) is 12.5. The molecule has 0 aliphatic heterocycles. The standard InChI is InChI=1S/C32H52O7/c1-19(9-12-28(36)38-18-29(37)39-22-7-5-4-6-8-22)23-10-11-24-30-25(17-27(35)32(23,24)3)31(2)14-13-21(33)15-20(31)16-26(30)34/h19-27,30,33-35H,4-18H2,1-3H3/t19-,20+,21-,23-,24+,25+,26-,27+,30+,31+,32-/m1/s1. The Bertz CT molecular complexity index is 886. The van der Waals surface area contributed by atoms with Gasteiger partial charge in [-0.15, -0.1) is 0 Å². The molecule has 0 aromatic rings. The van der Waals surface area contributed by atoms with E-state index in [1.54, 1.807) is 0 Å². The van der Waals surface area contributed by atoms with Gasteiger partial charge < -0.3 is 24.8 Å². The largest absolute Gasteiger partial charge is 0.460 e. The first-order valence-electron chi connectivity index (χ1n) is 15.9. The van der Waals surface area contributed by atoms with Crippen molar-refractivity contribution in [2.45, 2.75) is 135 Å². The third kappa shape index (κ3) is 5.53. The van der Waals surface area contributed by atoms with Gasteiger partial charge in [0.1, 0.15) is 6.10 Å². The molecule has 0 spiro atoms. The smallest absolute Gasteiger partial charge is 0.344 e. The van der Waals surface area contributed by atoms with Crippen LogP contribution in [0.5, 0.6) is 0 Å². The minimum Gasteiger partial charge on any atom is -0.460 e.